The lowest BCUT2D eigenvalue weighted by Crippen LogP contribution is -2.10. The van der Waals surface area contributed by atoms with Crippen molar-refractivity contribution < 1.29 is 27.8 Å². The summed E-state index contributed by atoms with van der Waals surface area (Å²) in [6.07, 6.45) is -4.78. The highest BCUT2D eigenvalue weighted by atomic mass is 19.4. The molecule has 17 heavy (non-hydrogen) atoms. The summed E-state index contributed by atoms with van der Waals surface area (Å²) in [7, 11) is 0. The fourth-order valence-corrected chi connectivity index (χ4v) is 1.47. The zero-order chi connectivity index (χ0) is 12.8. The fraction of sp³-hybridized carbons (Fsp3) is 0.100. The van der Waals surface area contributed by atoms with E-state index in [4.69, 9.17) is 5.11 Å². The molecule has 0 bridgehead atoms. The van der Waals surface area contributed by atoms with Crippen molar-refractivity contribution in [2.75, 3.05) is 0 Å². The number of hydrogen-bond acceptors (Lipinski definition) is 4. The lowest BCUT2D eigenvalue weighted by atomic mass is 10.1. The van der Waals surface area contributed by atoms with E-state index in [-0.39, 0.29) is 6.07 Å². The third-order valence-electron chi connectivity index (χ3n) is 2.11. The van der Waals surface area contributed by atoms with Crippen LogP contribution in [0.3, 0.4) is 0 Å². The normalized spacial score (nSPS) is 11.9. The molecule has 7 heteroatoms. The van der Waals surface area contributed by atoms with Crippen LogP contribution >= 0.6 is 0 Å². The van der Waals surface area contributed by atoms with Gasteiger partial charge in [-0.1, -0.05) is 0 Å². The molecule has 0 atom stereocenters. The van der Waals surface area contributed by atoms with Gasteiger partial charge in [-0.3, -0.25) is 0 Å². The highest BCUT2D eigenvalue weighted by Crippen LogP contribution is 2.38. The Labute approximate surface area is 91.5 Å². The van der Waals surface area contributed by atoms with E-state index in [2.05, 4.69) is 4.42 Å². The Morgan fingerprint density at radius 2 is 1.76 bits per heavy atom. The molecule has 1 heterocycles. The standard InChI is InChI=1S/C10H5F3O4/c11-10(12,13)6-3-8(16)17-9-5(6)1-4(14)2-7(9)15/h1-3,14-15H. The number of alkyl halides is 3. The minimum Gasteiger partial charge on any atom is -0.508 e. The number of benzene rings is 1. The maximum atomic E-state index is 12.6. The summed E-state index contributed by atoms with van der Waals surface area (Å²) < 4.78 is 42.3. The van der Waals surface area contributed by atoms with Crippen LogP contribution in [0.1, 0.15) is 5.56 Å². The molecule has 0 radical (unpaired) electrons. The van der Waals surface area contributed by atoms with Gasteiger partial charge < -0.3 is 14.6 Å². The van der Waals surface area contributed by atoms with Gasteiger partial charge in [-0.05, 0) is 6.07 Å². The summed E-state index contributed by atoms with van der Waals surface area (Å²) >= 11 is 0. The highest BCUT2D eigenvalue weighted by Gasteiger charge is 2.34. The quantitative estimate of drug-likeness (QED) is 0.699. The number of phenols is 2. The minimum absolute atomic E-state index is 0.265. The summed E-state index contributed by atoms with van der Waals surface area (Å²) in [5.74, 6) is -1.29. The van der Waals surface area contributed by atoms with Gasteiger partial charge >= 0.3 is 11.8 Å². The van der Waals surface area contributed by atoms with Crippen LogP contribution in [0.4, 0.5) is 13.2 Å². The first-order valence-corrected chi connectivity index (χ1v) is 4.36. The van der Waals surface area contributed by atoms with Crippen molar-refractivity contribution >= 4 is 11.0 Å². The van der Waals surface area contributed by atoms with Gasteiger partial charge in [0.25, 0.3) is 0 Å². The van der Waals surface area contributed by atoms with Gasteiger partial charge in [0.05, 0.1) is 5.56 Å². The SMILES string of the molecule is O=c1cc(C(F)(F)F)c2cc(O)cc(O)c2o1. The van der Waals surface area contributed by atoms with E-state index in [0.29, 0.717) is 0 Å². The lowest BCUT2D eigenvalue weighted by molar-refractivity contribution is -0.136. The van der Waals surface area contributed by atoms with Crippen molar-refractivity contribution in [3.05, 3.63) is 34.2 Å². The molecule has 0 unspecified atom stereocenters. The first-order valence-electron chi connectivity index (χ1n) is 4.36. The molecule has 1 aromatic carbocycles. The molecule has 0 saturated heterocycles. The Morgan fingerprint density at radius 3 is 2.35 bits per heavy atom. The average molecular weight is 246 g/mol. The van der Waals surface area contributed by atoms with Crippen molar-refractivity contribution in [2.45, 2.75) is 6.18 Å². The van der Waals surface area contributed by atoms with Gasteiger partial charge in [-0.2, -0.15) is 13.2 Å². The van der Waals surface area contributed by atoms with E-state index >= 15 is 0 Å². The molecule has 0 spiro atoms. The van der Waals surface area contributed by atoms with Crippen LogP contribution in [-0.4, -0.2) is 10.2 Å². The highest BCUT2D eigenvalue weighted by molar-refractivity contribution is 5.87. The second-order valence-corrected chi connectivity index (χ2v) is 3.32. The summed E-state index contributed by atoms with van der Waals surface area (Å²) in [6.45, 7) is 0. The van der Waals surface area contributed by atoms with Crippen LogP contribution in [0.2, 0.25) is 0 Å². The molecule has 1 aromatic heterocycles. The van der Waals surface area contributed by atoms with Crippen LogP contribution in [0.15, 0.2) is 27.4 Å². The Kier molecular flexibility index (Phi) is 2.27. The molecule has 2 N–H and O–H groups in total. The minimum atomic E-state index is -4.78. The summed E-state index contributed by atoms with van der Waals surface area (Å²) in [5, 5.41) is 17.9. The molecule has 90 valence electrons. The molecule has 0 aliphatic carbocycles. The maximum Gasteiger partial charge on any atom is 0.417 e. The van der Waals surface area contributed by atoms with Crippen molar-refractivity contribution in [3.63, 3.8) is 0 Å². The molecule has 0 amide bonds. The first-order chi connectivity index (χ1) is 7.79. The van der Waals surface area contributed by atoms with Crippen molar-refractivity contribution in [1.29, 1.82) is 0 Å². The maximum absolute atomic E-state index is 12.6. The van der Waals surface area contributed by atoms with Gasteiger partial charge in [0.2, 0.25) is 0 Å². The number of aromatic hydroxyl groups is 2. The summed E-state index contributed by atoms with van der Waals surface area (Å²) in [5.41, 5.74) is -3.11. The predicted octanol–water partition coefficient (Wildman–Crippen LogP) is 2.22. The fourth-order valence-electron chi connectivity index (χ4n) is 1.47. The summed E-state index contributed by atoms with van der Waals surface area (Å²) in [4.78, 5) is 10.9. The van der Waals surface area contributed by atoms with Gasteiger partial charge in [-0.25, -0.2) is 4.79 Å². The van der Waals surface area contributed by atoms with Crippen LogP contribution < -0.4 is 5.63 Å². The van der Waals surface area contributed by atoms with Gasteiger partial charge in [-0.15, -0.1) is 0 Å². The monoisotopic (exact) mass is 246 g/mol. The first kappa shape index (κ1) is 11.3. The number of hydrogen-bond donors (Lipinski definition) is 2. The number of phenolic OH excluding ortho intramolecular Hbond substituents is 2. The Balaban J connectivity index is 2.98. The van der Waals surface area contributed by atoms with E-state index in [0.717, 1.165) is 12.1 Å². The third-order valence-corrected chi connectivity index (χ3v) is 2.11. The van der Waals surface area contributed by atoms with Crippen molar-refractivity contribution in [1.82, 2.24) is 0 Å². The Hall–Kier alpha value is -2.18. The summed E-state index contributed by atoms with van der Waals surface area (Å²) in [6, 6.07) is 1.81. The van der Waals surface area contributed by atoms with E-state index in [1.54, 1.807) is 0 Å². The topological polar surface area (TPSA) is 70.7 Å². The predicted molar refractivity (Wildman–Crippen MR) is 50.8 cm³/mol. The van der Waals surface area contributed by atoms with Crippen LogP contribution in [-0.2, 0) is 6.18 Å². The molecule has 4 nitrogen and oxygen atoms in total. The van der Waals surface area contributed by atoms with Crippen LogP contribution in [0.25, 0.3) is 11.0 Å². The largest absolute Gasteiger partial charge is 0.508 e. The van der Waals surface area contributed by atoms with Gasteiger partial charge in [0, 0.05) is 17.5 Å². The number of fused-ring (bicyclic) bond motifs is 1. The van der Waals surface area contributed by atoms with Crippen LogP contribution in [0, 0.1) is 0 Å². The van der Waals surface area contributed by atoms with Gasteiger partial charge in [0.1, 0.15) is 5.75 Å². The molecule has 0 saturated carbocycles. The zero-order valence-electron chi connectivity index (χ0n) is 8.08. The van der Waals surface area contributed by atoms with E-state index in [1.807, 2.05) is 0 Å². The molecule has 2 aromatic rings. The Bertz CT molecular complexity index is 642. The zero-order valence-corrected chi connectivity index (χ0v) is 8.08. The molecular formula is C10H5F3O4. The van der Waals surface area contributed by atoms with Crippen LogP contribution in [0.5, 0.6) is 11.5 Å². The molecule has 0 aliphatic rings. The van der Waals surface area contributed by atoms with E-state index in [1.165, 1.54) is 0 Å². The second-order valence-electron chi connectivity index (χ2n) is 3.32. The van der Waals surface area contributed by atoms with Gasteiger partial charge in [0.15, 0.2) is 11.3 Å². The number of rotatable bonds is 0. The van der Waals surface area contributed by atoms with Crippen molar-refractivity contribution in [2.24, 2.45) is 0 Å². The lowest BCUT2D eigenvalue weighted by Gasteiger charge is -2.09. The second kappa shape index (κ2) is 3.41. The smallest absolute Gasteiger partial charge is 0.417 e. The number of halogens is 3. The molecule has 2 rings (SSSR count). The molecular weight excluding hydrogens is 241 g/mol. The third kappa shape index (κ3) is 1.91. The Morgan fingerprint density at radius 1 is 1.12 bits per heavy atom. The van der Waals surface area contributed by atoms with E-state index < -0.39 is 39.8 Å². The van der Waals surface area contributed by atoms with E-state index in [9.17, 15) is 23.1 Å². The average Bonchev–Trinajstić information content (AvgIpc) is 2.16. The molecule has 0 fully saturated rings. The van der Waals surface area contributed by atoms with Crippen molar-refractivity contribution in [3.8, 4) is 11.5 Å². The molecule has 0 aliphatic heterocycles.